The summed E-state index contributed by atoms with van der Waals surface area (Å²) in [6, 6.07) is 11.7. The predicted molar refractivity (Wildman–Crippen MR) is 166 cm³/mol. The molecule has 4 nitrogen and oxygen atoms in total. The molecule has 2 aromatic rings. The molecule has 3 rings (SSSR count). The number of benzene rings is 2. The summed E-state index contributed by atoms with van der Waals surface area (Å²) in [5.74, 6) is 0.894. The van der Waals surface area contributed by atoms with E-state index in [1.54, 1.807) is 6.92 Å². The summed E-state index contributed by atoms with van der Waals surface area (Å²) in [6.07, 6.45) is 6.46. The zero-order valence-corrected chi connectivity index (χ0v) is 26.5. The number of fused-ring (bicyclic) bond motifs is 1. The molecule has 0 saturated heterocycles. The summed E-state index contributed by atoms with van der Waals surface area (Å²) < 4.78 is 0. The van der Waals surface area contributed by atoms with Crippen molar-refractivity contribution in [2.75, 3.05) is 0 Å². The van der Waals surface area contributed by atoms with Crippen LogP contribution >= 0.6 is 0 Å². The van der Waals surface area contributed by atoms with Crippen molar-refractivity contribution in [2.24, 2.45) is 17.8 Å². The first kappa shape index (κ1) is 35.1. The Balaban J connectivity index is 0.000000508. The Morgan fingerprint density at radius 1 is 0.900 bits per heavy atom. The van der Waals surface area contributed by atoms with Crippen molar-refractivity contribution in [3.8, 4) is 0 Å². The summed E-state index contributed by atoms with van der Waals surface area (Å²) in [4.78, 5) is 47.7. The SMILES string of the molecule is CC(=O)c1cccc(C)c1.CCC.CCCC(CC1CC(=O)c2c(C)ccc(C)c2C1)C(CC)C(=O)CC(C)=O. The number of hydrogen-bond acceptors (Lipinski definition) is 4. The lowest BCUT2D eigenvalue weighted by atomic mass is 9.71. The first-order chi connectivity index (χ1) is 18.9. The molecule has 220 valence electrons. The predicted octanol–water partition coefficient (Wildman–Crippen LogP) is 9.04. The van der Waals surface area contributed by atoms with Crippen molar-refractivity contribution < 1.29 is 19.2 Å². The fourth-order valence-electron chi connectivity index (χ4n) is 5.76. The smallest absolute Gasteiger partial charge is 0.163 e. The first-order valence-corrected chi connectivity index (χ1v) is 15.1. The molecule has 1 aliphatic rings. The number of ketones is 4. The maximum absolute atomic E-state index is 12.8. The monoisotopic (exact) mass is 548 g/mol. The summed E-state index contributed by atoms with van der Waals surface area (Å²) in [7, 11) is 0. The topological polar surface area (TPSA) is 68.3 Å². The van der Waals surface area contributed by atoms with E-state index in [9.17, 15) is 19.2 Å². The molecule has 40 heavy (non-hydrogen) atoms. The van der Waals surface area contributed by atoms with E-state index in [2.05, 4.69) is 33.8 Å². The third kappa shape index (κ3) is 10.9. The van der Waals surface area contributed by atoms with E-state index in [-0.39, 0.29) is 41.4 Å². The highest BCUT2D eigenvalue weighted by atomic mass is 16.1. The molecule has 0 N–H and O–H groups in total. The largest absolute Gasteiger partial charge is 0.300 e. The van der Waals surface area contributed by atoms with E-state index in [0.717, 1.165) is 54.4 Å². The van der Waals surface area contributed by atoms with E-state index in [4.69, 9.17) is 0 Å². The van der Waals surface area contributed by atoms with E-state index in [1.807, 2.05) is 51.1 Å². The van der Waals surface area contributed by atoms with E-state index in [1.165, 1.54) is 24.5 Å². The Hall–Kier alpha value is -2.88. The standard InChI is InChI=1S/C24H34O3.C9H10O.C3H8/c1-6-8-19(20(7-2)22(26)11-17(5)25)12-18-13-21-15(3)9-10-16(4)24(21)23(27)14-18;1-7-4-3-5-9(6-7)8(2)10;1-3-2/h9-10,18-20H,6-8,11-14H2,1-5H3;3-6H,1-2H3;3H2,1-2H3. The maximum Gasteiger partial charge on any atom is 0.163 e. The second-order valence-electron chi connectivity index (χ2n) is 11.5. The van der Waals surface area contributed by atoms with Crippen molar-refractivity contribution in [1.82, 2.24) is 0 Å². The van der Waals surface area contributed by atoms with Crippen LogP contribution in [0.3, 0.4) is 0 Å². The van der Waals surface area contributed by atoms with Gasteiger partial charge in [0, 0.05) is 23.5 Å². The number of carbonyl (C=O) groups is 4. The van der Waals surface area contributed by atoms with Crippen molar-refractivity contribution >= 4 is 23.1 Å². The Bertz CT molecular complexity index is 1140. The summed E-state index contributed by atoms with van der Waals surface area (Å²) in [5.41, 5.74) is 6.33. The molecule has 0 amide bonds. The maximum atomic E-state index is 12.8. The molecule has 0 radical (unpaired) electrons. The van der Waals surface area contributed by atoms with Gasteiger partial charge in [0.15, 0.2) is 11.6 Å². The van der Waals surface area contributed by atoms with Crippen LogP contribution in [-0.2, 0) is 16.0 Å². The lowest BCUT2D eigenvalue weighted by Crippen LogP contribution is -2.30. The van der Waals surface area contributed by atoms with Gasteiger partial charge in [0.05, 0.1) is 6.42 Å². The van der Waals surface area contributed by atoms with Crippen molar-refractivity contribution in [2.45, 2.75) is 114 Å². The van der Waals surface area contributed by atoms with Gasteiger partial charge >= 0.3 is 0 Å². The normalized spacial score (nSPS) is 15.4. The Morgan fingerprint density at radius 3 is 2.02 bits per heavy atom. The molecule has 0 fully saturated rings. The van der Waals surface area contributed by atoms with Crippen LogP contribution in [0, 0.1) is 38.5 Å². The van der Waals surface area contributed by atoms with Gasteiger partial charge in [-0.25, -0.2) is 0 Å². The first-order valence-electron chi connectivity index (χ1n) is 15.1. The van der Waals surface area contributed by atoms with Gasteiger partial charge in [-0.15, -0.1) is 0 Å². The van der Waals surface area contributed by atoms with Crippen LogP contribution in [0.2, 0.25) is 0 Å². The molecular formula is C36H52O4. The van der Waals surface area contributed by atoms with Gasteiger partial charge in [0.1, 0.15) is 11.6 Å². The van der Waals surface area contributed by atoms with E-state index in [0.29, 0.717) is 12.3 Å². The van der Waals surface area contributed by atoms with Gasteiger partial charge in [-0.2, -0.15) is 0 Å². The van der Waals surface area contributed by atoms with Gasteiger partial charge in [-0.3, -0.25) is 19.2 Å². The Labute approximate surface area is 243 Å². The minimum absolute atomic E-state index is 0.0451. The van der Waals surface area contributed by atoms with Crippen molar-refractivity contribution in [1.29, 1.82) is 0 Å². The van der Waals surface area contributed by atoms with Gasteiger partial charge < -0.3 is 0 Å². The zero-order chi connectivity index (χ0) is 30.4. The molecule has 3 atom stereocenters. The van der Waals surface area contributed by atoms with E-state index < -0.39 is 0 Å². The Morgan fingerprint density at radius 2 is 1.52 bits per heavy atom. The highest BCUT2D eigenvalue weighted by Crippen LogP contribution is 2.37. The average Bonchev–Trinajstić information content (AvgIpc) is 2.87. The number of carbonyl (C=O) groups excluding carboxylic acids is 4. The number of aryl methyl sites for hydroxylation is 3. The van der Waals surface area contributed by atoms with Crippen LogP contribution in [0.1, 0.15) is 129 Å². The molecule has 0 bridgehead atoms. The quantitative estimate of drug-likeness (QED) is 0.219. The second-order valence-corrected chi connectivity index (χ2v) is 11.5. The second kappa shape index (κ2) is 17.7. The third-order valence-corrected chi connectivity index (χ3v) is 7.57. The average molecular weight is 549 g/mol. The molecule has 0 spiro atoms. The van der Waals surface area contributed by atoms with E-state index >= 15 is 0 Å². The fraction of sp³-hybridized carbons (Fsp3) is 0.556. The number of Topliss-reactive ketones (excluding diaryl/α,β-unsaturated/α-hetero) is 4. The molecule has 3 unspecified atom stereocenters. The molecule has 1 aliphatic carbocycles. The van der Waals surface area contributed by atoms with Gasteiger partial charge in [0.2, 0.25) is 0 Å². The minimum Gasteiger partial charge on any atom is -0.300 e. The van der Waals surface area contributed by atoms with Gasteiger partial charge in [-0.05, 0) is 88.5 Å². The van der Waals surface area contributed by atoms with Crippen LogP contribution in [0.15, 0.2) is 36.4 Å². The molecule has 0 heterocycles. The fourth-order valence-corrected chi connectivity index (χ4v) is 5.76. The Kier molecular flexibility index (Phi) is 15.6. The molecular weight excluding hydrogens is 496 g/mol. The summed E-state index contributed by atoms with van der Waals surface area (Å²) in [5, 5.41) is 0. The lowest BCUT2D eigenvalue weighted by molar-refractivity contribution is -0.129. The highest BCUT2D eigenvalue weighted by Gasteiger charge is 2.33. The lowest BCUT2D eigenvalue weighted by Gasteiger charge is -2.32. The molecule has 4 heteroatoms. The van der Waals surface area contributed by atoms with Crippen molar-refractivity contribution in [3.63, 3.8) is 0 Å². The zero-order valence-electron chi connectivity index (χ0n) is 26.5. The highest BCUT2D eigenvalue weighted by molar-refractivity contribution is 6.00. The van der Waals surface area contributed by atoms with Crippen LogP contribution in [0.25, 0.3) is 0 Å². The van der Waals surface area contributed by atoms with Crippen LogP contribution in [0.5, 0.6) is 0 Å². The molecule has 0 saturated carbocycles. The van der Waals surface area contributed by atoms with Crippen LogP contribution in [-0.4, -0.2) is 23.1 Å². The summed E-state index contributed by atoms with van der Waals surface area (Å²) >= 11 is 0. The van der Waals surface area contributed by atoms with Gasteiger partial charge in [0.25, 0.3) is 0 Å². The van der Waals surface area contributed by atoms with Crippen LogP contribution in [0.4, 0.5) is 0 Å². The van der Waals surface area contributed by atoms with Crippen LogP contribution < -0.4 is 0 Å². The molecule has 0 aliphatic heterocycles. The third-order valence-electron chi connectivity index (χ3n) is 7.57. The van der Waals surface area contributed by atoms with Gasteiger partial charge in [-0.1, -0.05) is 82.9 Å². The number of hydrogen-bond donors (Lipinski definition) is 0. The summed E-state index contributed by atoms with van der Waals surface area (Å²) in [6.45, 7) is 17.6. The molecule has 0 aromatic heterocycles. The minimum atomic E-state index is -0.0658. The van der Waals surface area contributed by atoms with Crippen molar-refractivity contribution in [3.05, 3.63) is 69.8 Å². The number of rotatable bonds is 10. The molecule has 2 aromatic carbocycles.